The highest BCUT2D eigenvalue weighted by molar-refractivity contribution is 14.1. The molecule has 0 aromatic heterocycles. The molecule has 0 saturated carbocycles. The van der Waals surface area contributed by atoms with Crippen LogP contribution in [0.15, 0.2) is 22.7 Å². The van der Waals surface area contributed by atoms with Crippen LogP contribution in [-0.2, 0) is 4.79 Å². The predicted molar refractivity (Wildman–Crippen MR) is 79.4 cm³/mol. The van der Waals surface area contributed by atoms with E-state index >= 15 is 0 Å². The molecule has 0 aliphatic heterocycles. The molecule has 1 unspecified atom stereocenters. The van der Waals surface area contributed by atoms with Crippen molar-refractivity contribution in [3.05, 3.63) is 26.2 Å². The van der Waals surface area contributed by atoms with Crippen LogP contribution in [0.5, 0.6) is 0 Å². The number of benzene rings is 1. The summed E-state index contributed by atoms with van der Waals surface area (Å²) in [4.78, 5) is 11.9. The lowest BCUT2D eigenvalue weighted by Crippen LogP contribution is -2.26. The number of nitrogens with one attached hydrogen (secondary N) is 1. The zero-order valence-corrected chi connectivity index (χ0v) is 13.2. The molecule has 0 saturated heterocycles. The Labute approximate surface area is 123 Å². The fraction of sp³-hybridized carbons (Fsp3) is 0.333. The molecular weight excluding hydrogens is 395 g/mol. The van der Waals surface area contributed by atoms with E-state index in [9.17, 15) is 4.79 Å². The third-order valence-electron chi connectivity index (χ3n) is 2.27. The first-order chi connectivity index (χ1) is 7.95. The lowest BCUT2D eigenvalue weighted by molar-refractivity contribution is -0.119. The Kier molecular flexibility index (Phi) is 5.40. The van der Waals surface area contributed by atoms with Gasteiger partial charge >= 0.3 is 0 Å². The van der Waals surface area contributed by atoms with E-state index in [0.29, 0.717) is 0 Å². The largest absolute Gasteiger partial charge is 0.324 e. The van der Waals surface area contributed by atoms with Gasteiger partial charge in [-0.15, -0.1) is 0 Å². The predicted octanol–water partition coefficient (Wildman–Crippen LogP) is 3.79. The smallest absolute Gasteiger partial charge is 0.242 e. The number of nitriles is 1. The molecule has 0 bridgehead atoms. The number of hydrogen-bond acceptors (Lipinski definition) is 2. The molecule has 0 aliphatic carbocycles. The van der Waals surface area contributed by atoms with E-state index in [-0.39, 0.29) is 11.8 Å². The van der Waals surface area contributed by atoms with Gasteiger partial charge < -0.3 is 5.32 Å². The molecule has 1 atom stereocenters. The maximum Gasteiger partial charge on any atom is 0.242 e. The van der Waals surface area contributed by atoms with Gasteiger partial charge in [-0.25, -0.2) is 0 Å². The summed E-state index contributed by atoms with van der Waals surface area (Å²) in [6.07, 6.45) is 0. The number of rotatable bonds is 3. The summed E-state index contributed by atoms with van der Waals surface area (Å²) in [5, 5.41) is 11.7. The fourth-order valence-electron chi connectivity index (χ4n) is 1.31. The Hall–Kier alpha value is -0.610. The van der Waals surface area contributed by atoms with E-state index < -0.39 is 5.92 Å². The van der Waals surface area contributed by atoms with Gasteiger partial charge in [0, 0.05) is 8.04 Å². The number of halogens is 2. The standard InChI is InChI=1S/C12H12BrIN2O/c1-7(2)9(6-15)12(17)16-11-5-8(13)3-4-10(11)14/h3-5,7,9H,1-2H3,(H,16,17). The van der Waals surface area contributed by atoms with Gasteiger partial charge in [-0.05, 0) is 46.7 Å². The number of amides is 1. The Morgan fingerprint density at radius 1 is 1.53 bits per heavy atom. The van der Waals surface area contributed by atoms with Gasteiger partial charge in [0.15, 0.2) is 0 Å². The van der Waals surface area contributed by atoms with Crippen LogP contribution in [0.1, 0.15) is 13.8 Å². The molecule has 0 heterocycles. The first kappa shape index (κ1) is 14.5. The highest BCUT2D eigenvalue weighted by atomic mass is 127. The summed E-state index contributed by atoms with van der Waals surface area (Å²) in [6.45, 7) is 3.72. The summed E-state index contributed by atoms with van der Waals surface area (Å²) in [7, 11) is 0. The number of nitrogens with zero attached hydrogens (tertiary/aromatic N) is 1. The second kappa shape index (κ2) is 6.36. The van der Waals surface area contributed by atoms with Crippen LogP contribution in [0.4, 0.5) is 5.69 Å². The molecule has 0 spiro atoms. The molecule has 1 aromatic rings. The van der Waals surface area contributed by atoms with Gasteiger partial charge in [-0.3, -0.25) is 4.79 Å². The third-order valence-corrected chi connectivity index (χ3v) is 3.71. The molecule has 1 amide bonds. The average Bonchev–Trinajstić information content (AvgIpc) is 2.24. The Bertz CT molecular complexity index is 468. The molecular formula is C12H12BrIN2O. The van der Waals surface area contributed by atoms with Crippen molar-refractivity contribution >= 4 is 50.1 Å². The first-order valence-electron chi connectivity index (χ1n) is 5.11. The molecule has 0 radical (unpaired) electrons. The Morgan fingerprint density at radius 3 is 2.71 bits per heavy atom. The van der Waals surface area contributed by atoms with Crippen LogP contribution < -0.4 is 5.32 Å². The monoisotopic (exact) mass is 406 g/mol. The van der Waals surface area contributed by atoms with Crippen LogP contribution in [0, 0.1) is 26.7 Å². The lowest BCUT2D eigenvalue weighted by atomic mass is 9.96. The highest BCUT2D eigenvalue weighted by Gasteiger charge is 2.22. The Balaban J connectivity index is 2.88. The molecule has 0 aliphatic rings. The van der Waals surface area contributed by atoms with E-state index in [1.165, 1.54) is 0 Å². The van der Waals surface area contributed by atoms with Crippen molar-refractivity contribution in [2.24, 2.45) is 11.8 Å². The van der Waals surface area contributed by atoms with Gasteiger partial charge in [0.1, 0.15) is 5.92 Å². The molecule has 5 heteroatoms. The normalized spacial score (nSPS) is 12.0. The van der Waals surface area contributed by atoms with E-state index in [1.807, 2.05) is 38.1 Å². The zero-order valence-electron chi connectivity index (χ0n) is 9.50. The maximum atomic E-state index is 11.9. The van der Waals surface area contributed by atoms with Crippen molar-refractivity contribution < 1.29 is 4.79 Å². The third kappa shape index (κ3) is 3.96. The van der Waals surface area contributed by atoms with Crippen molar-refractivity contribution in [1.82, 2.24) is 0 Å². The molecule has 90 valence electrons. The van der Waals surface area contributed by atoms with Crippen molar-refractivity contribution in [1.29, 1.82) is 5.26 Å². The summed E-state index contributed by atoms with van der Waals surface area (Å²) in [6, 6.07) is 7.66. The fourth-order valence-corrected chi connectivity index (χ4v) is 2.15. The molecule has 17 heavy (non-hydrogen) atoms. The molecule has 1 rings (SSSR count). The van der Waals surface area contributed by atoms with Crippen molar-refractivity contribution in [2.75, 3.05) is 5.32 Å². The Morgan fingerprint density at radius 2 is 2.18 bits per heavy atom. The van der Waals surface area contributed by atoms with Crippen LogP contribution in [-0.4, -0.2) is 5.91 Å². The lowest BCUT2D eigenvalue weighted by Gasteiger charge is -2.14. The van der Waals surface area contributed by atoms with E-state index in [1.54, 1.807) is 0 Å². The number of anilines is 1. The van der Waals surface area contributed by atoms with Gasteiger partial charge in [-0.2, -0.15) is 5.26 Å². The quantitative estimate of drug-likeness (QED) is 0.776. The molecule has 0 fully saturated rings. The molecule has 1 aromatic carbocycles. The minimum atomic E-state index is -0.621. The SMILES string of the molecule is CC(C)C(C#N)C(=O)Nc1cc(Br)ccc1I. The van der Waals surface area contributed by atoms with Crippen LogP contribution in [0.25, 0.3) is 0 Å². The molecule has 3 nitrogen and oxygen atoms in total. The van der Waals surface area contributed by atoms with Gasteiger partial charge in [-0.1, -0.05) is 29.8 Å². The first-order valence-corrected chi connectivity index (χ1v) is 6.98. The van der Waals surface area contributed by atoms with Crippen LogP contribution in [0.3, 0.4) is 0 Å². The van der Waals surface area contributed by atoms with E-state index in [0.717, 1.165) is 13.7 Å². The van der Waals surface area contributed by atoms with Gasteiger partial charge in [0.05, 0.1) is 11.8 Å². The average molecular weight is 407 g/mol. The summed E-state index contributed by atoms with van der Waals surface area (Å²) >= 11 is 5.49. The van der Waals surface area contributed by atoms with Crippen LogP contribution in [0.2, 0.25) is 0 Å². The number of hydrogen-bond donors (Lipinski definition) is 1. The zero-order chi connectivity index (χ0) is 13.0. The maximum absolute atomic E-state index is 11.9. The number of carbonyl (C=O) groups excluding carboxylic acids is 1. The minimum absolute atomic E-state index is 0.00446. The molecule has 1 N–H and O–H groups in total. The van der Waals surface area contributed by atoms with Crippen molar-refractivity contribution in [3.8, 4) is 6.07 Å². The van der Waals surface area contributed by atoms with Gasteiger partial charge in [0.2, 0.25) is 5.91 Å². The van der Waals surface area contributed by atoms with Crippen molar-refractivity contribution in [2.45, 2.75) is 13.8 Å². The van der Waals surface area contributed by atoms with Crippen molar-refractivity contribution in [3.63, 3.8) is 0 Å². The summed E-state index contributed by atoms with van der Waals surface area (Å²) in [5.41, 5.74) is 0.728. The van der Waals surface area contributed by atoms with E-state index in [2.05, 4.69) is 43.8 Å². The second-order valence-corrected chi connectivity index (χ2v) is 6.04. The highest BCUT2D eigenvalue weighted by Crippen LogP contribution is 2.24. The van der Waals surface area contributed by atoms with Crippen LogP contribution >= 0.6 is 38.5 Å². The minimum Gasteiger partial charge on any atom is -0.324 e. The summed E-state index contributed by atoms with van der Waals surface area (Å²) < 4.78 is 1.84. The van der Waals surface area contributed by atoms with Gasteiger partial charge in [0.25, 0.3) is 0 Å². The topological polar surface area (TPSA) is 52.9 Å². The van der Waals surface area contributed by atoms with E-state index in [4.69, 9.17) is 5.26 Å². The number of carbonyl (C=O) groups is 1. The summed E-state index contributed by atoms with van der Waals surface area (Å²) in [5.74, 6) is -0.867. The second-order valence-electron chi connectivity index (χ2n) is 3.96.